The average Bonchev–Trinajstić information content (AvgIpc) is 3.40. The SMILES string of the molecule is CC(C1CC1)N(Cc1ccccc1)C(=O)c1ccc(=O)n(C)n1. The van der Waals surface area contributed by atoms with Gasteiger partial charge in [-0.1, -0.05) is 30.3 Å². The van der Waals surface area contributed by atoms with Crippen molar-refractivity contribution in [3.8, 4) is 0 Å². The molecule has 0 bridgehead atoms. The van der Waals surface area contributed by atoms with Crippen LogP contribution in [0.15, 0.2) is 47.3 Å². The molecule has 1 fully saturated rings. The van der Waals surface area contributed by atoms with Gasteiger partial charge < -0.3 is 4.90 Å². The van der Waals surface area contributed by atoms with Gasteiger partial charge in [0.05, 0.1) is 0 Å². The second kappa shape index (κ2) is 6.36. The van der Waals surface area contributed by atoms with Crippen molar-refractivity contribution in [2.45, 2.75) is 32.4 Å². The first-order valence-electron chi connectivity index (χ1n) is 7.95. The van der Waals surface area contributed by atoms with E-state index in [9.17, 15) is 9.59 Å². The Labute approximate surface area is 135 Å². The highest BCUT2D eigenvalue weighted by molar-refractivity contribution is 5.92. The molecule has 0 radical (unpaired) electrons. The smallest absolute Gasteiger partial charge is 0.274 e. The van der Waals surface area contributed by atoms with E-state index in [0.29, 0.717) is 18.2 Å². The Kier molecular flexibility index (Phi) is 4.28. The number of hydrogen-bond acceptors (Lipinski definition) is 3. The minimum atomic E-state index is -0.216. The van der Waals surface area contributed by atoms with Gasteiger partial charge in [0, 0.05) is 25.7 Å². The Morgan fingerprint density at radius 1 is 1.26 bits per heavy atom. The number of carbonyl (C=O) groups is 1. The number of benzene rings is 1. The van der Waals surface area contributed by atoms with E-state index in [2.05, 4.69) is 12.0 Å². The molecule has 120 valence electrons. The zero-order valence-electron chi connectivity index (χ0n) is 13.5. The van der Waals surface area contributed by atoms with Crippen molar-refractivity contribution in [1.82, 2.24) is 14.7 Å². The molecule has 2 aromatic rings. The van der Waals surface area contributed by atoms with Gasteiger partial charge in [0.25, 0.3) is 11.5 Å². The van der Waals surface area contributed by atoms with Gasteiger partial charge in [0.15, 0.2) is 0 Å². The molecule has 0 saturated heterocycles. The third kappa shape index (κ3) is 3.50. The first-order valence-corrected chi connectivity index (χ1v) is 7.95. The molecular formula is C18H21N3O2. The summed E-state index contributed by atoms with van der Waals surface area (Å²) < 4.78 is 1.20. The van der Waals surface area contributed by atoms with E-state index in [1.165, 1.54) is 29.7 Å². The van der Waals surface area contributed by atoms with Crippen molar-refractivity contribution in [2.75, 3.05) is 0 Å². The maximum absolute atomic E-state index is 12.9. The van der Waals surface area contributed by atoms with Gasteiger partial charge in [-0.3, -0.25) is 9.59 Å². The van der Waals surface area contributed by atoms with E-state index in [4.69, 9.17) is 0 Å². The lowest BCUT2D eigenvalue weighted by Crippen LogP contribution is -2.40. The van der Waals surface area contributed by atoms with Gasteiger partial charge in [-0.05, 0) is 37.3 Å². The number of amides is 1. The van der Waals surface area contributed by atoms with Crippen molar-refractivity contribution in [3.63, 3.8) is 0 Å². The summed E-state index contributed by atoms with van der Waals surface area (Å²) in [5.41, 5.74) is 1.19. The minimum Gasteiger partial charge on any atom is -0.330 e. The molecule has 1 aromatic carbocycles. The van der Waals surface area contributed by atoms with Crippen LogP contribution in [0.2, 0.25) is 0 Å². The molecule has 23 heavy (non-hydrogen) atoms. The normalized spacial score (nSPS) is 15.2. The Morgan fingerprint density at radius 2 is 1.96 bits per heavy atom. The van der Waals surface area contributed by atoms with Crippen LogP contribution in [0, 0.1) is 5.92 Å². The Balaban J connectivity index is 1.88. The van der Waals surface area contributed by atoms with Crippen molar-refractivity contribution in [2.24, 2.45) is 13.0 Å². The fourth-order valence-electron chi connectivity index (χ4n) is 2.78. The highest BCUT2D eigenvalue weighted by atomic mass is 16.2. The van der Waals surface area contributed by atoms with Gasteiger partial charge in [-0.25, -0.2) is 4.68 Å². The van der Waals surface area contributed by atoms with E-state index in [1.807, 2.05) is 35.2 Å². The van der Waals surface area contributed by atoms with Crippen LogP contribution >= 0.6 is 0 Å². The van der Waals surface area contributed by atoms with Gasteiger partial charge in [0.2, 0.25) is 0 Å². The minimum absolute atomic E-state index is 0.121. The molecule has 5 nitrogen and oxygen atoms in total. The summed E-state index contributed by atoms with van der Waals surface area (Å²) in [4.78, 5) is 26.3. The Morgan fingerprint density at radius 3 is 2.57 bits per heavy atom. The summed E-state index contributed by atoms with van der Waals surface area (Å²) in [5.74, 6) is 0.444. The molecule has 1 unspecified atom stereocenters. The van der Waals surface area contributed by atoms with Crippen LogP contribution in [-0.4, -0.2) is 26.6 Å². The molecule has 1 heterocycles. The number of aryl methyl sites for hydroxylation is 1. The predicted molar refractivity (Wildman–Crippen MR) is 88.0 cm³/mol. The number of nitrogens with zero attached hydrogens (tertiary/aromatic N) is 3. The second-order valence-corrected chi connectivity index (χ2v) is 6.18. The molecule has 1 amide bonds. The summed E-state index contributed by atoms with van der Waals surface area (Å²) in [6.45, 7) is 2.66. The van der Waals surface area contributed by atoms with Crippen LogP contribution in [0.25, 0.3) is 0 Å². The quantitative estimate of drug-likeness (QED) is 0.851. The summed E-state index contributed by atoms with van der Waals surface area (Å²) >= 11 is 0. The molecule has 1 atom stereocenters. The average molecular weight is 311 g/mol. The van der Waals surface area contributed by atoms with Crippen LogP contribution in [0.1, 0.15) is 35.8 Å². The third-order valence-electron chi connectivity index (χ3n) is 4.43. The number of rotatable bonds is 5. The standard InChI is InChI=1S/C18H21N3O2/c1-13(15-8-9-15)21(12-14-6-4-3-5-7-14)18(23)16-10-11-17(22)20(2)19-16/h3-7,10-11,13,15H,8-9,12H2,1-2H3. The summed E-state index contributed by atoms with van der Waals surface area (Å²) in [6.07, 6.45) is 2.33. The molecule has 0 spiro atoms. The Bertz CT molecular complexity index is 750. The van der Waals surface area contributed by atoms with Crippen LogP contribution < -0.4 is 5.56 Å². The molecule has 1 aromatic heterocycles. The first kappa shape index (κ1) is 15.5. The van der Waals surface area contributed by atoms with Crippen molar-refractivity contribution in [3.05, 3.63) is 64.1 Å². The molecule has 0 aliphatic heterocycles. The van der Waals surface area contributed by atoms with Crippen molar-refractivity contribution in [1.29, 1.82) is 0 Å². The lowest BCUT2D eigenvalue weighted by molar-refractivity contribution is 0.0645. The maximum atomic E-state index is 12.9. The predicted octanol–water partition coefficient (Wildman–Crippen LogP) is 2.22. The lowest BCUT2D eigenvalue weighted by atomic mass is 10.1. The van der Waals surface area contributed by atoms with Gasteiger partial charge in [-0.15, -0.1) is 0 Å². The van der Waals surface area contributed by atoms with Crippen molar-refractivity contribution >= 4 is 5.91 Å². The second-order valence-electron chi connectivity index (χ2n) is 6.18. The molecule has 1 aliphatic carbocycles. The van der Waals surface area contributed by atoms with E-state index in [0.717, 1.165) is 5.56 Å². The lowest BCUT2D eigenvalue weighted by Gasteiger charge is -2.29. The largest absolute Gasteiger partial charge is 0.330 e. The van der Waals surface area contributed by atoms with Gasteiger partial charge in [0.1, 0.15) is 5.69 Å². The highest BCUT2D eigenvalue weighted by Gasteiger charge is 2.35. The highest BCUT2D eigenvalue weighted by Crippen LogP contribution is 2.36. The zero-order valence-corrected chi connectivity index (χ0v) is 13.5. The molecule has 5 heteroatoms. The van der Waals surface area contributed by atoms with Gasteiger partial charge >= 0.3 is 0 Å². The summed E-state index contributed by atoms with van der Waals surface area (Å²) in [6, 6.07) is 13.0. The van der Waals surface area contributed by atoms with Crippen LogP contribution in [0.3, 0.4) is 0 Å². The Hall–Kier alpha value is -2.43. The fraction of sp³-hybridized carbons (Fsp3) is 0.389. The van der Waals surface area contributed by atoms with E-state index in [1.54, 1.807) is 7.05 Å². The maximum Gasteiger partial charge on any atom is 0.274 e. The van der Waals surface area contributed by atoms with Gasteiger partial charge in [-0.2, -0.15) is 5.10 Å². The molecule has 1 saturated carbocycles. The number of carbonyl (C=O) groups excluding carboxylic acids is 1. The fourth-order valence-corrected chi connectivity index (χ4v) is 2.78. The van der Waals surface area contributed by atoms with Crippen LogP contribution in [-0.2, 0) is 13.6 Å². The van der Waals surface area contributed by atoms with E-state index < -0.39 is 0 Å². The molecule has 3 rings (SSSR count). The monoisotopic (exact) mass is 311 g/mol. The van der Waals surface area contributed by atoms with E-state index >= 15 is 0 Å². The molecule has 1 aliphatic rings. The topological polar surface area (TPSA) is 55.2 Å². The third-order valence-corrected chi connectivity index (χ3v) is 4.43. The van der Waals surface area contributed by atoms with E-state index in [-0.39, 0.29) is 17.5 Å². The first-order chi connectivity index (χ1) is 11.1. The number of hydrogen-bond donors (Lipinski definition) is 0. The van der Waals surface area contributed by atoms with Crippen LogP contribution in [0.5, 0.6) is 0 Å². The van der Waals surface area contributed by atoms with Crippen LogP contribution in [0.4, 0.5) is 0 Å². The molecular weight excluding hydrogens is 290 g/mol. The summed E-state index contributed by atoms with van der Waals surface area (Å²) in [5, 5.41) is 4.11. The van der Waals surface area contributed by atoms with Crippen molar-refractivity contribution < 1.29 is 4.79 Å². The zero-order chi connectivity index (χ0) is 16.4. The summed E-state index contributed by atoms with van der Waals surface area (Å²) in [7, 11) is 1.56. The number of aromatic nitrogens is 2. The molecule has 0 N–H and O–H groups in total.